The maximum Gasteiger partial charge on any atom is 0.254 e. The quantitative estimate of drug-likeness (QED) is 0.787. The van der Waals surface area contributed by atoms with Gasteiger partial charge in [0.05, 0.1) is 16.7 Å². The Bertz CT molecular complexity index is 695. The molecular weight excluding hydrogens is 380 g/mol. The second-order valence-corrected chi connectivity index (χ2v) is 6.65. The standard InChI is InChI=1S/C16H19BrN4O.ClH/c1-11-2-3-13(18)8-15(11)16(22)20-6-4-14(5-7-20)21-10-12(17)9-19-21;/h2-3,8-10,14H,4-7,18H2,1H3;1H. The van der Waals surface area contributed by atoms with Crippen molar-refractivity contribution in [3.8, 4) is 0 Å². The Hall–Kier alpha value is -1.53. The third-order valence-corrected chi connectivity index (χ3v) is 4.60. The maximum atomic E-state index is 12.7. The van der Waals surface area contributed by atoms with E-state index in [4.69, 9.17) is 5.73 Å². The summed E-state index contributed by atoms with van der Waals surface area (Å²) < 4.78 is 2.97. The molecule has 1 aromatic carbocycles. The largest absolute Gasteiger partial charge is 0.399 e. The number of carbonyl (C=O) groups is 1. The van der Waals surface area contributed by atoms with E-state index >= 15 is 0 Å². The summed E-state index contributed by atoms with van der Waals surface area (Å²) in [5.41, 5.74) is 8.12. The number of likely N-dealkylation sites (tertiary alicyclic amines) is 1. The van der Waals surface area contributed by atoms with Crippen LogP contribution in [0.1, 0.15) is 34.8 Å². The number of amides is 1. The van der Waals surface area contributed by atoms with Gasteiger partial charge in [-0.25, -0.2) is 0 Å². The van der Waals surface area contributed by atoms with Crippen molar-refractivity contribution in [2.75, 3.05) is 18.8 Å². The minimum atomic E-state index is 0. The van der Waals surface area contributed by atoms with E-state index in [9.17, 15) is 4.79 Å². The Morgan fingerprint density at radius 2 is 2.04 bits per heavy atom. The number of nitrogen functional groups attached to an aromatic ring is 1. The molecule has 124 valence electrons. The average Bonchev–Trinajstić information content (AvgIpc) is 2.96. The van der Waals surface area contributed by atoms with E-state index in [1.807, 2.05) is 34.8 Å². The third-order valence-electron chi connectivity index (χ3n) is 4.19. The van der Waals surface area contributed by atoms with Gasteiger partial charge in [0.25, 0.3) is 5.91 Å². The lowest BCUT2D eigenvalue weighted by Gasteiger charge is -2.32. The number of hydrogen-bond donors (Lipinski definition) is 1. The van der Waals surface area contributed by atoms with Crippen LogP contribution >= 0.6 is 28.3 Å². The van der Waals surface area contributed by atoms with Crippen LogP contribution in [0.5, 0.6) is 0 Å². The van der Waals surface area contributed by atoms with Gasteiger partial charge in [0.15, 0.2) is 0 Å². The molecule has 0 bridgehead atoms. The van der Waals surface area contributed by atoms with Crippen molar-refractivity contribution in [2.24, 2.45) is 0 Å². The number of aryl methyl sites for hydroxylation is 1. The lowest BCUT2D eigenvalue weighted by molar-refractivity contribution is 0.0689. The van der Waals surface area contributed by atoms with Crippen molar-refractivity contribution in [2.45, 2.75) is 25.8 Å². The highest BCUT2D eigenvalue weighted by atomic mass is 79.9. The molecule has 0 aliphatic carbocycles. The number of aromatic nitrogens is 2. The summed E-state index contributed by atoms with van der Waals surface area (Å²) in [5, 5.41) is 4.34. The van der Waals surface area contributed by atoms with Crippen LogP contribution in [0.4, 0.5) is 5.69 Å². The van der Waals surface area contributed by atoms with Gasteiger partial charge in [-0.2, -0.15) is 5.10 Å². The van der Waals surface area contributed by atoms with Gasteiger partial charge >= 0.3 is 0 Å². The van der Waals surface area contributed by atoms with Crippen LogP contribution in [0.25, 0.3) is 0 Å². The number of nitrogens with two attached hydrogens (primary N) is 1. The fraction of sp³-hybridized carbons (Fsp3) is 0.375. The van der Waals surface area contributed by atoms with E-state index in [1.54, 1.807) is 12.3 Å². The minimum Gasteiger partial charge on any atom is -0.399 e. The lowest BCUT2D eigenvalue weighted by atomic mass is 10.0. The van der Waals surface area contributed by atoms with Crippen LogP contribution in [-0.2, 0) is 0 Å². The zero-order valence-corrected chi connectivity index (χ0v) is 15.3. The van der Waals surface area contributed by atoms with Crippen molar-refractivity contribution in [1.29, 1.82) is 0 Å². The molecule has 0 spiro atoms. The number of benzene rings is 1. The molecule has 2 aromatic rings. The predicted octanol–water partition coefficient (Wildman–Crippen LogP) is 3.44. The normalized spacial score (nSPS) is 15.3. The second-order valence-electron chi connectivity index (χ2n) is 5.74. The molecular formula is C16H20BrClN4O. The molecule has 5 nitrogen and oxygen atoms in total. The fourth-order valence-corrected chi connectivity index (χ4v) is 3.19. The van der Waals surface area contributed by atoms with Crippen LogP contribution in [0, 0.1) is 6.92 Å². The number of anilines is 1. The number of halogens is 2. The molecule has 3 rings (SSSR count). The molecule has 0 atom stereocenters. The summed E-state index contributed by atoms with van der Waals surface area (Å²) in [7, 11) is 0. The van der Waals surface area contributed by atoms with Crippen molar-refractivity contribution in [3.05, 3.63) is 46.2 Å². The molecule has 0 unspecified atom stereocenters. The molecule has 1 aromatic heterocycles. The van der Waals surface area contributed by atoms with Gasteiger partial charge in [-0.05, 0) is 53.4 Å². The molecule has 2 heterocycles. The monoisotopic (exact) mass is 398 g/mol. The van der Waals surface area contributed by atoms with Crippen LogP contribution in [0.2, 0.25) is 0 Å². The van der Waals surface area contributed by atoms with Crippen LogP contribution in [0.3, 0.4) is 0 Å². The zero-order chi connectivity index (χ0) is 15.7. The summed E-state index contributed by atoms with van der Waals surface area (Å²) in [5.74, 6) is 0.0740. The fourth-order valence-electron chi connectivity index (χ4n) is 2.89. The van der Waals surface area contributed by atoms with Gasteiger partial charge in [0.2, 0.25) is 0 Å². The van der Waals surface area contributed by atoms with Gasteiger partial charge in [-0.1, -0.05) is 6.07 Å². The number of carbonyl (C=O) groups excluding carboxylic acids is 1. The van der Waals surface area contributed by atoms with Gasteiger partial charge in [0, 0.05) is 30.5 Å². The van der Waals surface area contributed by atoms with Crippen LogP contribution in [-0.4, -0.2) is 33.7 Å². The molecule has 7 heteroatoms. The highest BCUT2D eigenvalue weighted by molar-refractivity contribution is 9.10. The third kappa shape index (κ3) is 3.87. The smallest absolute Gasteiger partial charge is 0.254 e. The van der Waals surface area contributed by atoms with E-state index in [-0.39, 0.29) is 18.3 Å². The molecule has 1 fully saturated rings. The summed E-state index contributed by atoms with van der Waals surface area (Å²) in [4.78, 5) is 14.6. The summed E-state index contributed by atoms with van der Waals surface area (Å²) in [6.07, 6.45) is 5.63. The second kappa shape index (κ2) is 7.36. The minimum absolute atomic E-state index is 0. The summed E-state index contributed by atoms with van der Waals surface area (Å²) in [6, 6.07) is 5.86. The molecule has 1 aliphatic rings. The van der Waals surface area contributed by atoms with Gasteiger partial charge in [-0.3, -0.25) is 9.48 Å². The van der Waals surface area contributed by atoms with Gasteiger partial charge in [0.1, 0.15) is 0 Å². The lowest BCUT2D eigenvalue weighted by Crippen LogP contribution is -2.39. The van der Waals surface area contributed by atoms with Gasteiger partial charge in [-0.15, -0.1) is 12.4 Å². The molecule has 1 saturated heterocycles. The highest BCUT2D eigenvalue weighted by Crippen LogP contribution is 2.25. The molecule has 0 saturated carbocycles. The Morgan fingerprint density at radius 1 is 1.35 bits per heavy atom. The first-order valence-corrected chi connectivity index (χ1v) is 8.19. The maximum absolute atomic E-state index is 12.7. The van der Waals surface area contributed by atoms with E-state index in [0.29, 0.717) is 17.3 Å². The zero-order valence-electron chi connectivity index (χ0n) is 12.9. The van der Waals surface area contributed by atoms with Crippen molar-refractivity contribution < 1.29 is 4.79 Å². The van der Waals surface area contributed by atoms with Crippen LogP contribution in [0.15, 0.2) is 35.1 Å². The Morgan fingerprint density at radius 3 is 2.65 bits per heavy atom. The molecule has 1 aliphatic heterocycles. The average molecular weight is 400 g/mol. The van der Waals surface area contributed by atoms with Crippen molar-refractivity contribution in [3.63, 3.8) is 0 Å². The number of nitrogens with zero attached hydrogens (tertiary/aromatic N) is 3. The molecule has 23 heavy (non-hydrogen) atoms. The van der Waals surface area contributed by atoms with E-state index in [1.165, 1.54) is 0 Å². The molecule has 1 amide bonds. The summed E-state index contributed by atoms with van der Waals surface area (Å²) in [6.45, 7) is 3.44. The highest BCUT2D eigenvalue weighted by Gasteiger charge is 2.25. The van der Waals surface area contributed by atoms with Crippen molar-refractivity contribution in [1.82, 2.24) is 14.7 Å². The van der Waals surface area contributed by atoms with E-state index in [0.717, 1.165) is 36.0 Å². The Balaban J connectivity index is 0.00000192. The molecule has 2 N–H and O–H groups in total. The Kier molecular flexibility index (Phi) is 5.70. The van der Waals surface area contributed by atoms with E-state index in [2.05, 4.69) is 21.0 Å². The number of piperidine rings is 1. The summed E-state index contributed by atoms with van der Waals surface area (Å²) >= 11 is 3.42. The first-order valence-electron chi connectivity index (χ1n) is 7.39. The Labute approximate surface area is 150 Å². The topological polar surface area (TPSA) is 64.2 Å². The first-order chi connectivity index (χ1) is 10.5. The number of hydrogen-bond acceptors (Lipinski definition) is 3. The molecule has 0 radical (unpaired) electrons. The SMILES string of the molecule is Cc1ccc(N)cc1C(=O)N1CCC(n2cc(Br)cn2)CC1.Cl. The number of rotatable bonds is 2. The van der Waals surface area contributed by atoms with Crippen LogP contribution < -0.4 is 5.73 Å². The predicted molar refractivity (Wildman–Crippen MR) is 96.9 cm³/mol. The van der Waals surface area contributed by atoms with Crippen molar-refractivity contribution >= 4 is 39.9 Å². The first kappa shape index (κ1) is 17.8. The van der Waals surface area contributed by atoms with Gasteiger partial charge < -0.3 is 10.6 Å². The van der Waals surface area contributed by atoms with E-state index < -0.39 is 0 Å².